The Morgan fingerprint density at radius 3 is 2.50 bits per heavy atom. The first kappa shape index (κ1) is 21.9. The van der Waals surface area contributed by atoms with E-state index < -0.39 is 0 Å². The van der Waals surface area contributed by atoms with Crippen LogP contribution in [0.2, 0.25) is 0 Å². The molecule has 0 atom stereocenters. The Morgan fingerprint density at radius 2 is 1.81 bits per heavy atom. The molecule has 8 heteroatoms. The van der Waals surface area contributed by atoms with Gasteiger partial charge in [-0.15, -0.1) is 0 Å². The molecule has 0 bridgehead atoms. The molecule has 0 unspecified atom stereocenters. The molecule has 1 aromatic carbocycles. The smallest absolute Gasteiger partial charge is 0.290 e. The Hall–Kier alpha value is -4.77. The van der Waals surface area contributed by atoms with Gasteiger partial charge in [-0.2, -0.15) is 5.26 Å². The number of nitrogen functional groups attached to an aromatic ring is 1. The topological polar surface area (TPSA) is 135 Å². The second kappa shape index (κ2) is 10.8. The minimum Gasteiger partial charge on any atom is -0.487 e. The fraction of sp³-hybridized carbons (Fsp3) is 0.0417. The average Bonchev–Trinajstić information content (AvgIpc) is 2.84. The van der Waals surface area contributed by atoms with Gasteiger partial charge in [-0.25, -0.2) is 4.98 Å². The van der Waals surface area contributed by atoms with E-state index in [0.29, 0.717) is 29.2 Å². The van der Waals surface area contributed by atoms with Crippen molar-refractivity contribution in [3.8, 4) is 34.2 Å². The summed E-state index contributed by atoms with van der Waals surface area (Å²) in [5, 5.41) is 16.5. The molecule has 0 aliphatic rings. The molecule has 4 aromatic rings. The summed E-state index contributed by atoms with van der Waals surface area (Å²) in [6.07, 6.45) is 5.11. The highest BCUT2D eigenvalue weighted by atomic mass is 16.5. The van der Waals surface area contributed by atoms with Crippen LogP contribution in [0.1, 0.15) is 11.3 Å². The maximum Gasteiger partial charge on any atom is 0.290 e. The fourth-order valence-electron chi connectivity index (χ4n) is 2.97. The van der Waals surface area contributed by atoms with Gasteiger partial charge in [0.05, 0.1) is 11.4 Å². The number of carbonyl (C=O) groups is 1. The summed E-state index contributed by atoms with van der Waals surface area (Å²) in [7, 11) is 0. The van der Waals surface area contributed by atoms with Crippen LogP contribution >= 0.6 is 0 Å². The van der Waals surface area contributed by atoms with Crippen molar-refractivity contribution in [2.24, 2.45) is 0 Å². The minimum absolute atomic E-state index is 0.191. The SMILES string of the molecule is N#Cc1c(-c2cccc(OCc3ccccn3)c2)cc(-c2ccncc2)nc1N.O=CO. The molecule has 0 saturated heterocycles. The predicted octanol–water partition coefficient (Wildman–Crippen LogP) is 3.94. The van der Waals surface area contributed by atoms with E-state index in [9.17, 15) is 5.26 Å². The molecule has 0 radical (unpaired) electrons. The van der Waals surface area contributed by atoms with E-state index in [1.807, 2.05) is 60.7 Å². The van der Waals surface area contributed by atoms with Crippen molar-refractivity contribution in [3.63, 3.8) is 0 Å². The number of anilines is 1. The Labute approximate surface area is 184 Å². The van der Waals surface area contributed by atoms with Crippen LogP contribution in [0, 0.1) is 11.3 Å². The predicted molar refractivity (Wildman–Crippen MR) is 119 cm³/mol. The Bertz CT molecular complexity index is 1230. The van der Waals surface area contributed by atoms with Gasteiger partial charge in [0.25, 0.3) is 6.47 Å². The molecule has 0 fully saturated rings. The van der Waals surface area contributed by atoms with Crippen LogP contribution in [0.15, 0.2) is 79.3 Å². The van der Waals surface area contributed by atoms with Gasteiger partial charge in [0, 0.05) is 29.7 Å². The molecule has 0 spiro atoms. The van der Waals surface area contributed by atoms with E-state index in [2.05, 4.69) is 21.0 Å². The second-order valence-electron chi connectivity index (χ2n) is 6.41. The van der Waals surface area contributed by atoms with Gasteiger partial charge in [-0.1, -0.05) is 18.2 Å². The third kappa shape index (κ3) is 5.43. The third-order valence-electron chi connectivity index (χ3n) is 4.39. The van der Waals surface area contributed by atoms with Crippen molar-refractivity contribution in [3.05, 3.63) is 90.5 Å². The maximum absolute atomic E-state index is 9.62. The molecule has 0 amide bonds. The zero-order valence-electron chi connectivity index (χ0n) is 16.9. The second-order valence-corrected chi connectivity index (χ2v) is 6.41. The van der Waals surface area contributed by atoms with Gasteiger partial charge >= 0.3 is 0 Å². The zero-order valence-corrected chi connectivity index (χ0v) is 16.9. The average molecular weight is 425 g/mol. The molecule has 3 aromatic heterocycles. The van der Waals surface area contributed by atoms with Gasteiger partial charge in [0.15, 0.2) is 0 Å². The summed E-state index contributed by atoms with van der Waals surface area (Å²) < 4.78 is 5.87. The molecule has 3 heterocycles. The number of aromatic nitrogens is 3. The molecule has 8 nitrogen and oxygen atoms in total. The number of pyridine rings is 3. The standard InChI is InChI=1S/C23H17N5O.CH2O2/c24-14-21-20(13-22(28-23(21)25)16-7-10-26-11-8-16)17-4-3-6-19(12-17)29-15-18-5-1-2-9-27-18;2-1-3/h1-13H,15H2,(H2,25,28);1H,(H,2,3). The summed E-state index contributed by atoms with van der Waals surface area (Å²) in [5.74, 6) is 0.870. The lowest BCUT2D eigenvalue weighted by molar-refractivity contribution is -0.122. The first-order chi connectivity index (χ1) is 15.7. The van der Waals surface area contributed by atoms with E-state index in [0.717, 1.165) is 16.8 Å². The van der Waals surface area contributed by atoms with Crippen LogP contribution < -0.4 is 10.5 Å². The molecular weight excluding hydrogens is 406 g/mol. The van der Waals surface area contributed by atoms with Gasteiger partial charge in [0.2, 0.25) is 0 Å². The van der Waals surface area contributed by atoms with E-state index in [-0.39, 0.29) is 12.3 Å². The van der Waals surface area contributed by atoms with Gasteiger partial charge < -0.3 is 15.6 Å². The summed E-state index contributed by atoms with van der Waals surface area (Å²) in [4.78, 5) is 21.0. The molecule has 3 N–H and O–H groups in total. The van der Waals surface area contributed by atoms with Crippen LogP contribution in [-0.2, 0) is 11.4 Å². The minimum atomic E-state index is -0.250. The van der Waals surface area contributed by atoms with Gasteiger partial charge in [0.1, 0.15) is 29.8 Å². The number of ether oxygens (including phenoxy) is 1. The number of benzene rings is 1. The van der Waals surface area contributed by atoms with Crippen LogP contribution in [-0.4, -0.2) is 26.5 Å². The number of nitriles is 1. The summed E-state index contributed by atoms with van der Waals surface area (Å²) in [6, 6.07) is 21.0. The lowest BCUT2D eigenvalue weighted by atomic mass is 9.98. The molecule has 0 aliphatic carbocycles. The number of hydrogen-bond acceptors (Lipinski definition) is 7. The summed E-state index contributed by atoms with van der Waals surface area (Å²) in [5.41, 5.74) is 10.3. The molecule has 32 heavy (non-hydrogen) atoms. The Kier molecular flexibility index (Phi) is 7.43. The van der Waals surface area contributed by atoms with Gasteiger partial charge in [-0.05, 0) is 48.0 Å². The van der Waals surface area contributed by atoms with E-state index in [4.69, 9.17) is 20.4 Å². The lowest BCUT2D eigenvalue weighted by Crippen LogP contribution is -2.00. The van der Waals surface area contributed by atoms with E-state index in [1.54, 1.807) is 18.6 Å². The molecule has 0 aliphatic heterocycles. The molecular formula is C24H19N5O3. The number of rotatable bonds is 5. The van der Waals surface area contributed by atoms with Crippen molar-refractivity contribution >= 4 is 12.3 Å². The first-order valence-electron chi connectivity index (χ1n) is 9.48. The first-order valence-corrected chi connectivity index (χ1v) is 9.48. The number of nitrogens with zero attached hydrogens (tertiary/aromatic N) is 4. The summed E-state index contributed by atoms with van der Waals surface area (Å²) in [6.45, 7) is 0.107. The van der Waals surface area contributed by atoms with Crippen molar-refractivity contribution in [1.82, 2.24) is 15.0 Å². The highest BCUT2D eigenvalue weighted by Gasteiger charge is 2.14. The zero-order chi connectivity index (χ0) is 22.8. The van der Waals surface area contributed by atoms with E-state index in [1.165, 1.54) is 0 Å². The van der Waals surface area contributed by atoms with Crippen molar-refractivity contribution in [2.45, 2.75) is 6.61 Å². The number of carboxylic acid groups (broad SMARTS) is 1. The molecule has 158 valence electrons. The van der Waals surface area contributed by atoms with Crippen molar-refractivity contribution in [2.75, 3.05) is 5.73 Å². The monoisotopic (exact) mass is 425 g/mol. The normalized spacial score (nSPS) is 9.72. The van der Waals surface area contributed by atoms with E-state index >= 15 is 0 Å². The highest BCUT2D eigenvalue weighted by Crippen LogP contribution is 2.32. The van der Waals surface area contributed by atoms with Crippen molar-refractivity contribution in [1.29, 1.82) is 5.26 Å². The van der Waals surface area contributed by atoms with Crippen LogP contribution in [0.3, 0.4) is 0 Å². The Morgan fingerprint density at radius 1 is 1.03 bits per heavy atom. The maximum atomic E-state index is 9.62. The third-order valence-corrected chi connectivity index (χ3v) is 4.39. The largest absolute Gasteiger partial charge is 0.487 e. The summed E-state index contributed by atoms with van der Waals surface area (Å²) >= 11 is 0. The number of hydrogen-bond donors (Lipinski definition) is 2. The quantitative estimate of drug-likeness (QED) is 0.459. The van der Waals surface area contributed by atoms with Gasteiger partial charge in [-0.3, -0.25) is 14.8 Å². The van der Waals surface area contributed by atoms with Crippen molar-refractivity contribution < 1.29 is 14.6 Å². The Balaban J connectivity index is 0.000000913. The number of nitrogens with two attached hydrogens (primary N) is 1. The molecule has 0 saturated carbocycles. The van der Waals surface area contributed by atoms with Crippen LogP contribution in [0.25, 0.3) is 22.4 Å². The fourth-order valence-corrected chi connectivity index (χ4v) is 2.97. The van der Waals surface area contributed by atoms with Crippen LogP contribution in [0.4, 0.5) is 5.82 Å². The lowest BCUT2D eigenvalue weighted by Gasteiger charge is -2.12. The highest BCUT2D eigenvalue weighted by molar-refractivity contribution is 5.80. The molecule has 4 rings (SSSR count). The van der Waals surface area contributed by atoms with Crippen LogP contribution in [0.5, 0.6) is 5.75 Å².